The molecule has 1 aromatic carbocycles. The first kappa shape index (κ1) is 19.8. The molecule has 6 nitrogen and oxygen atoms in total. The number of hydrogen-bond acceptors (Lipinski definition) is 5. The second-order valence-electron chi connectivity index (χ2n) is 6.77. The van der Waals surface area contributed by atoms with E-state index in [0.717, 1.165) is 46.2 Å². The Morgan fingerprint density at radius 2 is 2.03 bits per heavy atom. The van der Waals surface area contributed by atoms with E-state index in [9.17, 15) is 9.59 Å². The molecular weight excluding hydrogens is 452 g/mol. The van der Waals surface area contributed by atoms with E-state index < -0.39 is 0 Å². The highest BCUT2D eigenvalue weighted by molar-refractivity contribution is 9.10. The lowest BCUT2D eigenvalue weighted by atomic mass is 10.2. The Hall–Kier alpha value is -2.45. The number of carbonyl (C=O) groups excluding carboxylic acids is 1. The van der Waals surface area contributed by atoms with Crippen LogP contribution in [0.15, 0.2) is 63.1 Å². The lowest BCUT2D eigenvalue weighted by Crippen LogP contribution is -2.28. The van der Waals surface area contributed by atoms with Gasteiger partial charge in [0, 0.05) is 33.8 Å². The number of nitrogens with zero attached hydrogens (tertiary/aromatic N) is 3. The quantitative estimate of drug-likeness (QED) is 0.439. The van der Waals surface area contributed by atoms with Crippen LogP contribution in [0.2, 0.25) is 0 Å². The largest absolute Gasteiger partial charge is 0.349 e. The number of pyridine rings is 1. The third-order valence-electron chi connectivity index (χ3n) is 4.73. The molecule has 1 amide bonds. The van der Waals surface area contributed by atoms with Gasteiger partial charge in [-0.3, -0.25) is 14.3 Å². The first-order valence-electron chi connectivity index (χ1n) is 9.30. The van der Waals surface area contributed by atoms with Crippen LogP contribution in [0, 0.1) is 0 Å². The van der Waals surface area contributed by atoms with Crippen molar-refractivity contribution in [1.29, 1.82) is 0 Å². The Morgan fingerprint density at radius 1 is 1.21 bits per heavy atom. The van der Waals surface area contributed by atoms with Gasteiger partial charge in [0.2, 0.25) is 5.91 Å². The third kappa shape index (κ3) is 4.76. The Kier molecular flexibility index (Phi) is 6.10. The van der Waals surface area contributed by atoms with Gasteiger partial charge in [0.15, 0.2) is 0 Å². The maximum atomic E-state index is 12.7. The molecule has 0 saturated heterocycles. The van der Waals surface area contributed by atoms with Crippen molar-refractivity contribution >= 4 is 39.3 Å². The third-order valence-corrected chi connectivity index (χ3v) is 6.28. The van der Waals surface area contributed by atoms with E-state index in [0.29, 0.717) is 11.6 Å². The topological polar surface area (TPSA) is 76.9 Å². The standard InChI is InChI=1S/C21H19BrN4O2S/c22-15-6-8-16(9-7-15)24-19(27)13-29-20-17-4-1-5-18(17)26(21(28)25-20)12-14-3-2-10-23-11-14/h2-3,6-11H,1,4-5,12-13H2,(H,24,27). The molecule has 0 aliphatic heterocycles. The summed E-state index contributed by atoms with van der Waals surface area (Å²) < 4.78 is 2.70. The summed E-state index contributed by atoms with van der Waals surface area (Å²) in [5.74, 6) is 0.0899. The molecule has 2 aromatic heterocycles. The zero-order valence-electron chi connectivity index (χ0n) is 15.6. The van der Waals surface area contributed by atoms with Gasteiger partial charge in [-0.15, -0.1) is 0 Å². The van der Waals surface area contributed by atoms with Gasteiger partial charge in [-0.25, -0.2) is 4.79 Å². The molecule has 2 heterocycles. The highest BCUT2D eigenvalue weighted by atomic mass is 79.9. The average molecular weight is 471 g/mol. The van der Waals surface area contributed by atoms with Crippen LogP contribution in [0.5, 0.6) is 0 Å². The zero-order chi connectivity index (χ0) is 20.2. The van der Waals surface area contributed by atoms with Gasteiger partial charge in [-0.05, 0) is 55.2 Å². The summed E-state index contributed by atoms with van der Waals surface area (Å²) in [6, 6.07) is 11.2. The van der Waals surface area contributed by atoms with Crippen LogP contribution >= 0.6 is 27.7 Å². The summed E-state index contributed by atoms with van der Waals surface area (Å²) in [5, 5.41) is 3.54. The number of amides is 1. The first-order chi connectivity index (χ1) is 14.1. The van der Waals surface area contributed by atoms with E-state index in [-0.39, 0.29) is 17.3 Å². The number of rotatable bonds is 6. The number of halogens is 1. The minimum absolute atomic E-state index is 0.120. The van der Waals surface area contributed by atoms with E-state index in [1.807, 2.05) is 36.4 Å². The van der Waals surface area contributed by atoms with Gasteiger partial charge >= 0.3 is 5.69 Å². The fourth-order valence-corrected chi connectivity index (χ4v) is 4.55. The second kappa shape index (κ2) is 8.92. The van der Waals surface area contributed by atoms with Crippen molar-refractivity contribution in [1.82, 2.24) is 14.5 Å². The number of carbonyl (C=O) groups is 1. The summed E-state index contributed by atoms with van der Waals surface area (Å²) in [4.78, 5) is 33.4. The first-order valence-corrected chi connectivity index (χ1v) is 11.1. The number of aromatic nitrogens is 3. The van der Waals surface area contributed by atoms with Gasteiger partial charge < -0.3 is 5.32 Å². The van der Waals surface area contributed by atoms with Crippen LogP contribution in [0.1, 0.15) is 23.2 Å². The smallest absolute Gasteiger partial charge is 0.325 e. The lowest BCUT2D eigenvalue weighted by molar-refractivity contribution is -0.113. The van der Waals surface area contributed by atoms with Gasteiger partial charge in [-0.1, -0.05) is 33.8 Å². The van der Waals surface area contributed by atoms with E-state index in [4.69, 9.17) is 0 Å². The maximum absolute atomic E-state index is 12.7. The van der Waals surface area contributed by atoms with Crippen LogP contribution in [-0.4, -0.2) is 26.2 Å². The summed E-state index contributed by atoms with van der Waals surface area (Å²) in [6.07, 6.45) is 6.21. The van der Waals surface area contributed by atoms with Crippen LogP contribution in [0.3, 0.4) is 0 Å². The van der Waals surface area contributed by atoms with Crippen molar-refractivity contribution < 1.29 is 4.79 Å². The number of hydrogen-bond donors (Lipinski definition) is 1. The summed E-state index contributed by atoms with van der Waals surface area (Å²) in [5.41, 5.74) is 3.56. The number of fused-ring (bicyclic) bond motifs is 1. The maximum Gasteiger partial charge on any atom is 0.349 e. The minimum atomic E-state index is -0.273. The monoisotopic (exact) mass is 470 g/mol. The van der Waals surface area contributed by atoms with Gasteiger partial charge in [0.25, 0.3) is 0 Å². The van der Waals surface area contributed by atoms with Crippen LogP contribution in [-0.2, 0) is 24.2 Å². The van der Waals surface area contributed by atoms with Crippen molar-refractivity contribution in [3.05, 3.63) is 80.6 Å². The normalized spacial score (nSPS) is 12.6. The molecule has 29 heavy (non-hydrogen) atoms. The summed E-state index contributed by atoms with van der Waals surface area (Å²) >= 11 is 4.70. The van der Waals surface area contributed by atoms with Gasteiger partial charge in [0.05, 0.1) is 12.3 Å². The molecule has 0 radical (unpaired) electrons. The molecule has 4 rings (SSSR count). The van der Waals surface area contributed by atoms with E-state index in [1.54, 1.807) is 17.0 Å². The van der Waals surface area contributed by atoms with Crippen LogP contribution in [0.25, 0.3) is 0 Å². The predicted octanol–water partition coefficient (Wildman–Crippen LogP) is 3.67. The Morgan fingerprint density at radius 3 is 2.79 bits per heavy atom. The molecule has 0 fully saturated rings. The Bertz CT molecular complexity index is 1080. The molecule has 8 heteroatoms. The summed E-state index contributed by atoms with van der Waals surface area (Å²) in [6.45, 7) is 0.469. The van der Waals surface area contributed by atoms with Gasteiger partial charge in [0.1, 0.15) is 5.03 Å². The van der Waals surface area contributed by atoms with E-state index in [1.165, 1.54) is 11.8 Å². The van der Waals surface area contributed by atoms with Crippen molar-refractivity contribution in [2.24, 2.45) is 0 Å². The number of thioether (sulfide) groups is 1. The fraction of sp³-hybridized carbons (Fsp3) is 0.238. The number of benzene rings is 1. The molecule has 0 bridgehead atoms. The van der Waals surface area contributed by atoms with Crippen molar-refractivity contribution in [3.63, 3.8) is 0 Å². The van der Waals surface area contributed by atoms with Crippen LogP contribution in [0.4, 0.5) is 5.69 Å². The second-order valence-corrected chi connectivity index (χ2v) is 8.65. The molecule has 0 unspecified atom stereocenters. The predicted molar refractivity (Wildman–Crippen MR) is 117 cm³/mol. The molecule has 0 spiro atoms. The molecule has 0 saturated carbocycles. The minimum Gasteiger partial charge on any atom is -0.325 e. The molecular formula is C21H19BrN4O2S. The fourth-order valence-electron chi connectivity index (χ4n) is 3.41. The molecule has 148 valence electrons. The molecule has 0 atom stereocenters. The molecule has 1 aliphatic rings. The number of anilines is 1. The Balaban J connectivity index is 1.49. The Labute approximate surface area is 180 Å². The van der Waals surface area contributed by atoms with Gasteiger partial charge in [-0.2, -0.15) is 4.98 Å². The molecule has 1 aliphatic carbocycles. The molecule has 3 aromatic rings. The van der Waals surface area contributed by atoms with Crippen molar-refractivity contribution in [3.8, 4) is 0 Å². The zero-order valence-corrected chi connectivity index (χ0v) is 18.0. The van der Waals surface area contributed by atoms with E-state index in [2.05, 4.69) is 31.2 Å². The highest BCUT2D eigenvalue weighted by Crippen LogP contribution is 2.29. The lowest BCUT2D eigenvalue weighted by Gasteiger charge is -2.14. The molecule has 1 N–H and O–H groups in total. The number of nitrogens with one attached hydrogen (secondary N) is 1. The van der Waals surface area contributed by atoms with Crippen molar-refractivity contribution in [2.75, 3.05) is 11.1 Å². The van der Waals surface area contributed by atoms with E-state index >= 15 is 0 Å². The summed E-state index contributed by atoms with van der Waals surface area (Å²) in [7, 11) is 0. The van der Waals surface area contributed by atoms with Crippen molar-refractivity contribution in [2.45, 2.75) is 30.8 Å². The highest BCUT2D eigenvalue weighted by Gasteiger charge is 2.22. The SMILES string of the molecule is O=C(CSc1nc(=O)n(Cc2cccnc2)c2c1CCC2)Nc1ccc(Br)cc1. The average Bonchev–Trinajstić information content (AvgIpc) is 3.21. The van der Waals surface area contributed by atoms with Crippen LogP contribution < -0.4 is 11.0 Å².